The van der Waals surface area contributed by atoms with Gasteiger partial charge in [-0.3, -0.25) is 4.79 Å². The molecule has 0 aromatic heterocycles. The van der Waals surface area contributed by atoms with Crippen molar-refractivity contribution in [2.75, 3.05) is 5.32 Å². The van der Waals surface area contributed by atoms with Crippen molar-refractivity contribution in [3.8, 4) is 11.5 Å². The van der Waals surface area contributed by atoms with Crippen molar-refractivity contribution in [3.05, 3.63) is 54.3 Å². The first-order valence-electron chi connectivity index (χ1n) is 6.62. The largest absolute Gasteiger partial charge is 0.482 e. The fraction of sp³-hybridized carbons (Fsp3) is 0.188. The van der Waals surface area contributed by atoms with Crippen molar-refractivity contribution in [1.29, 1.82) is 0 Å². The van der Waals surface area contributed by atoms with Crippen LogP contribution in [0.1, 0.15) is 6.92 Å². The van der Waals surface area contributed by atoms with Crippen LogP contribution in [0.25, 0.3) is 0 Å². The van der Waals surface area contributed by atoms with E-state index in [1.54, 1.807) is 31.2 Å². The first-order chi connectivity index (χ1) is 10.1. The molecule has 2 aromatic rings. The van der Waals surface area contributed by atoms with Gasteiger partial charge in [0.25, 0.3) is 5.91 Å². The lowest BCUT2D eigenvalue weighted by Crippen LogP contribution is -2.46. The molecule has 1 amide bonds. The molecule has 2 aromatic carbocycles. The van der Waals surface area contributed by atoms with E-state index in [4.69, 9.17) is 9.47 Å². The average molecular weight is 287 g/mol. The average Bonchev–Trinajstić information content (AvgIpc) is 2.46. The Morgan fingerprint density at radius 2 is 1.81 bits per heavy atom. The normalized spacial score (nSPS) is 19.9. The van der Waals surface area contributed by atoms with E-state index in [1.165, 1.54) is 18.2 Å². The van der Waals surface area contributed by atoms with E-state index in [0.717, 1.165) is 0 Å². The van der Waals surface area contributed by atoms with Crippen molar-refractivity contribution in [1.82, 2.24) is 0 Å². The Balaban J connectivity index is 1.76. The molecule has 0 aliphatic carbocycles. The van der Waals surface area contributed by atoms with Crippen molar-refractivity contribution in [2.45, 2.75) is 19.1 Å². The molecule has 21 heavy (non-hydrogen) atoms. The summed E-state index contributed by atoms with van der Waals surface area (Å²) in [6, 6.07) is 12.9. The summed E-state index contributed by atoms with van der Waals surface area (Å²) >= 11 is 0. The lowest BCUT2D eigenvalue weighted by molar-refractivity contribution is -0.128. The third-order valence-electron chi connectivity index (χ3n) is 3.19. The summed E-state index contributed by atoms with van der Waals surface area (Å²) in [6.07, 6.45) is -1.23. The molecule has 0 saturated carbocycles. The molecule has 0 unspecified atom stereocenters. The zero-order chi connectivity index (χ0) is 14.8. The second kappa shape index (κ2) is 5.44. The zero-order valence-electron chi connectivity index (χ0n) is 11.4. The van der Waals surface area contributed by atoms with Gasteiger partial charge in [-0.1, -0.05) is 18.2 Å². The molecule has 1 heterocycles. The maximum atomic E-state index is 13.1. The number of hydrogen-bond donors (Lipinski definition) is 1. The van der Waals surface area contributed by atoms with Crippen LogP contribution in [0.2, 0.25) is 0 Å². The summed E-state index contributed by atoms with van der Waals surface area (Å²) in [7, 11) is 0. The highest BCUT2D eigenvalue weighted by molar-refractivity contribution is 5.95. The number of hydrogen-bond acceptors (Lipinski definition) is 3. The molecule has 3 rings (SSSR count). The van der Waals surface area contributed by atoms with Gasteiger partial charge in [0.1, 0.15) is 11.9 Å². The molecular formula is C16H14FNO3. The Morgan fingerprint density at radius 1 is 1.10 bits per heavy atom. The van der Waals surface area contributed by atoms with E-state index in [9.17, 15) is 9.18 Å². The second-order valence-corrected chi connectivity index (χ2v) is 4.81. The molecule has 2 atom stereocenters. The van der Waals surface area contributed by atoms with E-state index < -0.39 is 18.0 Å². The van der Waals surface area contributed by atoms with Crippen LogP contribution in [0.15, 0.2) is 48.5 Å². The number of rotatable bonds is 2. The van der Waals surface area contributed by atoms with Gasteiger partial charge in [0, 0.05) is 5.69 Å². The van der Waals surface area contributed by atoms with Gasteiger partial charge in [-0.05, 0) is 37.3 Å². The van der Waals surface area contributed by atoms with Crippen LogP contribution >= 0.6 is 0 Å². The Morgan fingerprint density at radius 3 is 2.52 bits per heavy atom. The molecule has 4 nitrogen and oxygen atoms in total. The maximum absolute atomic E-state index is 13.1. The standard InChI is InChI=1S/C16H14FNO3/c1-10-15(21-14-8-3-2-7-13(14)20-10)16(19)18-12-6-4-5-11(17)9-12/h2-10,15H,1H3,(H,18,19)/t10-,15+/m1/s1. The van der Waals surface area contributed by atoms with Crippen LogP contribution in [0, 0.1) is 5.82 Å². The third-order valence-corrected chi connectivity index (χ3v) is 3.19. The number of benzene rings is 2. The lowest BCUT2D eigenvalue weighted by Gasteiger charge is -2.31. The van der Waals surface area contributed by atoms with E-state index in [1.807, 2.05) is 6.07 Å². The van der Waals surface area contributed by atoms with Crippen LogP contribution in [0.4, 0.5) is 10.1 Å². The van der Waals surface area contributed by atoms with Crippen LogP contribution < -0.4 is 14.8 Å². The first kappa shape index (κ1) is 13.4. The smallest absolute Gasteiger partial charge is 0.269 e. The number of carbonyl (C=O) groups is 1. The Bertz CT molecular complexity index is 674. The molecule has 0 fully saturated rings. The molecule has 0 radical (unpaired) electrons. The predicted molar refractivity (Wildman–Crippen MR) is 76.0 cm³/mol. The van der Waals surface area contributed by atoms with Gasteiger partial charge in [-0.2, -0.15) is 0 Å². The van der Waals surface area contributed by atoms with Crippen molar-refractivity contribution >= 4 is 11.6 Å². The van der Waals surface area contributed by atoms with Gasteiger partial charge in [0.05, 0.1) is 0 Å². The van der Waals surface area contributed by atoms with E-state index in [2.05, 4.69) is 5.32 Å². The summed E-state index contributed by atoms with van der Waals surface area (Å²) in [4.78, 5) is 12.3. The molecule has 0 bridgehead atoms. The van der Waals surface area contributed by atoms with Gasteiger partial charge >= 0.3 is 0 Å². The minimum absolute atomic E-state index is 0.373. The van der Waals surface area contributed by atoms with Crippen LogP contribution in [0.5, 0.6) is 11.5 Å². The van der Waals surface area contributed by atoms with E-state index in [-0.39, 0.29) is 5.91 Å². The molecule has 108 valence electrons. The van der Waals surface area contributed by atoms with Crippen molar-refractivity contribution in [3.63, 3.8) is 0 Å². The zero-order valence-corrected chi connectivity index (χ0v) is 11.4. The number of halogens is 1. The molecule has 1 N–H and O–H groups in total. The highest BCUT2D eigenvalue weighted by atomic mass is 19.1. The third kappa shape index (κ3) is 2.81. The summed E-state index contributed by atoms with van der Waals surface area (Å²) in [5.74, 6) is 0.351. The van der Waals surface area contributed by atoms with Gasteiger partial charge in [-0.15, -0.1) is 0 Å². The highest BCUT2D eigenvalue weighted by Gasteiger charge is 2.34. The van der Waals surface area contributed by atoms with Gasteiger partial charge in [0.15, 0.2) is 11.5 Å². The summed E-state index contributed by atoms with van der Waals surface area (Å²) in [5.41, 5.74) is 0.384. The number of nitrogens with one attached hydrogen (secondary N) is 1. The fourth-order valence-corrected chi connectivity index (χ4v) is 2.19. The second-order valence-electron chi connectivity index (χ2n) is 4.81. The summed E-state index contributed by atoms with van der Waals surface area (Å²) < 4.78 is 24.5. The minimum Gasteiger partial charge on any atom is -0.482 e. The first-order valence-corrected chi connectivity index (χ1v) is 6.62. The van der Waals surface area contributed by atoms with Crippen LogP contribution in [-0.4, -0.2) is 18.1 Å². The highest BCUT2D eigenvalue weighted by Crippen LogP contribution is 2.33. The van der Waals surface area contributed by atoms with Crippen LogP contribution in [0.3, 0.4) is 0 Å². The molecule has 0 saturated heterocycles. The topological polar surface area (TPSA) is 47.6 Å². The van der Waals surface area contributed by atoms with Gasteiger partial charge in [-0.25, -0.2) is 4.39 Å². The monoisotopic (exact) mass is 287 g/mol. The molecule has 1 aliphatic heterocycles. The number of carbonyl (C=O) groups excluding carboxylic acids is 1. The van der Waals surface area contributed by atoms with Gasteiger partial charge < -0.3 is 14.8 Å². The lowest BCUT2D eigenvalue weighted by atomic mass is 10.1. The number of fused-ring (bicyclic) bond motifs is 1. The number of amides is 1. The Kier molecular flexibility index (Phi) is 3.48. The SMILES string of the molecule is C[C@H]1Oc2ccccc2O[C@@H]1C(=O)Nc1cccc(F)c1. The molecular weight excluding hydrogens is 273 g/mol. The number of ether oxygens (including phenoxy) is 2. The Labute approximate surface area is 121 Å². The van der Waals surface area contributed by atoms with Crippen molar-refractivity contribution in [2.24, 2.45) is 0 Å². The fourth-order valence-electron chi connectivity index (χ4n) is 2.19. The summed E-state index contributed by atoms with van der Waals surface area (Å²) in [6.45, 7) is 1.76. The molecule has 0 spiro atoms. The summed E-state index contributed by atoms with van der Waals surface area (Å²) in [5, 5.41) is 2.63. The molecule has 1 aliphatic rings. The predicted octanol–water partition coefficient (Wildman–Crippen LogP) is 2.99. The van der Waals surface area contributed by atoms with Crippen molar-refractivity contribution < 1.29 is 18.7 Å². The van der Waals surface area contributed by atoms with E-state index in [0.29, 0.717) is 17.2 Å². The van der Waals surface area contributed by atoms with E-state index >= 15 is 0 Å². The quantitative estimate of drug-likeness (QED) is 0.923. The number of anilines is 1. The maximum Gasteiger partial charge on any atom is 0.269 e. The van der Waals surface area contributed by atoms with Gasteiger partial charge in [0.2, 0.25) is 6.10 Å². The molecule has 5 heteroatoms. The Hall–Kier alpha value is -2.56. The van der Waals surface area contributed by atoms with Crippen LogP contribution in [-0.2, 0) is 4.79 Å². The number of para-hydroxylation sites is 2. The minimum atomic E-state index is -0.789.